The molecule has 0 aliphatic heterocycles. The number of fused-ring (bicyclic) bond motifs is 1. The van der Waals surface area contributed by atoms with E-state index < -0.39 is 0 Å². The van der Waals surface area contributed by atoms with Crippen molar-refractivity contribution in [2.45, 2.75) is 5.16 Å². The topological polar surface area (TPSA) is 47.8 Å². The fourth-order valence-corrected chi connectivity index (χ4v) is 3.92. The zero-order valence-electron chi connectivity index (χ0n) is 14.6. The van der Waals surface area contributed by atoms with E-state index in [0.29, 0.717) is 27.3 Å². The maximum Gasteiger partial charge on any atom is 0.191 e. The van der Waals surface area contributed by atoms with Crippen molar-refractivity contribution in [1.29, 1.82) is 0 Å². The van der Waals surface area contributed by atoms with Gasteiger partial charge in [-0.2, -0.15) is 0 Å². The molecular formula is C21H16ClN3OS. The number of hydrogen-bond donors (Lipinski definition) is 0. The first kappa shape index (κ1) is 17.8. The van der Waals surface area contributed by atoms with Crippen LogP contribution in [0, 0.1) is 0 Å². The summed E-state index contributed by atoms with van der Waals surface area (Å²) in [6.45, 7) is 0. The molecule has 0 amide bonds. The van der Waals surface area contributed by atoms with Crippen LogP contribution in [0.4, 0.5) is 0 Å². The van der Waals surface area contributed by atoms with Crippen molar-refractivity contribution < 1.29 is 4.79 Å². The first-order valence-electron chi connectivity index (χ1n) is 8.42. The van der Waals surface area contributed by atoms with Gasteiger partial charge >= 0.3 is 0 Å². The number of nitrogens with zero attached hydrogens (tertiary/aromatic N) is 3. The maximum atomic E-state index is 12.6. The van der Waals surface area contributed by atoms with Gasteiger partial charge in [0, 0.05) is 18.2 Å². The molecule has 0 radical (unpaired) electrons. The van der Waals surface area contributed by atoms with Gasteiger partial charge in [-0.05, 0) is 29.0 Å². The van der Waals surface area contributed by atoms with Crippen LogP contribution in [0.25, 0.3) is 22.2 Å². The highest BCUT2D eigenvalue weighted by Crippen LogP contribution is 2.28. The number of halogens is 1. The number of aromatic nitrogens is 3. The maximum absolute atomic E-state index is 12.6. The van der Waals surface area contributed by atoms with E-state index in [9.17, 15) is 4.79 Å². The molecule has 0 fully saturated rings. The highest BCUT2D eigenvalue weighted by molar-refractivity contribution is 7.99. The van der Waals surface area contributed by atoms with Crippen molar-refractivity contribution in [3.8, 4) is 11.4 Å². The second-order valence-corrected chi connectivity index (χ2v) is 7.47. The number of Topliss-reactive ketones (excluding diaryl/α,β-unsaturated/α-hetero) is 1. The monoisotopic (exact) mass is 393 g/mol. The van der Waals surface area contributed by atoms with Gasteiger partial charge in [0.2, 0.25) is 0 Å². The molecule has 1 heterocycles. The molecule has 6 heteroatoms. The lowest BCUT2D eigenvalue weighted by molar-refractivity contribution is 0.102. The normalized spacial score (nSPS) is 11.0. The molecule has 3 aromatic carbocycles. The van der Waals surface area contributed by atoms with Gasteiger partial charge in [-0.1, -0.05) is 71.9 Å². The summed E-state index contributed by atoms with van der Waals surface area (Å²) in [6.07, 6.45) is 0. The molecule has 0 aliphatic rings. The number of thioether (sulfide) groups is 1. The minimum absolute atomic E-state index is 0.0630. The Morgan fingerprint density at radius 2 is 1.74 bits per heavy atom. The van der Waals surface area contributed by atoms with Crippen LogP contribution in [0.1, 0.15) is 10.4 Å². The SMILES string of the molecule is Cn1c(SCC(=O)c2ccc3ccccc3c2)nnc1-c1ccccc1Cl. The number of benzene rings is 3. The van der Waals surface area contributed by atoms with Crippen molar-refractivity contribution >= 4 is 39.9 Å². The predicted octanol–water partition coefficient (Wildman–Crippen LogP) is 5.26. The molecule has 1 aromatic heterocycles. The fraction of sp³-hybridized carbons (Fsp3) is 0.0952. The number of hydrogen-bond acceptors (Lipinski definition) is 4. The van der Waals surface area contributed by atoms with Crippen LogP contribution < -0.4 is 0 Å². The lowest BCUT2D eigenvalue weighted by Gasteiger charge is -2.06. The third-order valence-corrected chi connectivity index (χ3v) is 5.70. The Hall–Kier alpha value is -2.63. The highest BCUT2D eigenvalue weighted by Gasteiger charge is 2.15. The number of carbonyl (C=O) groups is 1. The van der Waals surface area contributed by atoms with Crippen molar-refractivity contribution in [2.75, 3.05) is 5.75 Å². The minimum Gasteiger partial charge on any atom is -0.305 e. The van der Waals surface area contributed by atoms with Gasteiger partial charge < -0.3 is 4.57 Å². The summed E-state index contributed by atoms with van der Waals surface area (Å²) in [4.78, 5) is 12.6. The van der Waals surface area contributed by atoms with Crippen molar-refractivity contribution in [2.24, 2.45) is 7.05 Å². The Balaban J connectivity index is 1.51. The summed E-state index contributed by atoms with van der Waals surface area (Å²) in [6, 6.07) is 21.3. The van der Waals surface area contributed by atoms with E-state index in [0.717, 1.165) is 16.3 Å². The highest BCUT2D eigenvalue weighted by atomic mass is 35.5. The van der Waals surface area contributed by atoms with Crippen LogP contribution in [0.2, 0.25) is 5.02 Å². The fourth-order valence-electron chi connectivity index (χ4n) is 2.89. The molecule has 0 bridgehead atoms. The Bertz CT molecular complexity index is 1140. The number of ketones is 1. The summed E-state index contributed by atoms with van der Waals surface area (Å²) in [5.41, 5.74) is 1.52. The molecule has 0 spiro atoms. The Labute approximate surface area is 166 Å². The van der Waals surface area contributed by atoms with Gasteiger partial charge in [-0.15, -0.1) is 10.2 Å². The first-order chi connectivity index (χ1) is 13.1. The van der Waals surface area contributed by atoms with E-state index in [1.807, 2.05) is 78.3 Å². The van der Waals surface area contributed by atoms with Gasteiger partial charge in [0.15, 0.2) is 16.8 Å². The van der Waals surface area contributed by atoms with E-state index in [4.69, 9.17) is 11.6 Å². The minimum atomic E-state index is 0.0630. The molecule has 0 atom stereocenters. The molecule has 0 aliphatic carbocycles. The smallest absolute Gasteiger partial charge is 0.191 e. The third-order valence-electron chi connectivity index (χ3n) is 4.35. The van der Waals surface area contributed by atoms with Crippen LogP contribution in [0.5, 0.6) is 0 Å². The van der Waals surface area contributed by atoms with E-state index in [-0.39, 0.29) is 5.78 Å². The van der Waals surface area contributed by atoms with E-state index in [2.05, 4.69) is 10.2 Å². The molecule has 0 saturated heterocycles. The molecule has 27 heavy (non-hydrogen) atoms. The standard InChI is InChI=1S/C21H16ClN3OS/c1-25-20(17-8-4-5-9-18(17)22)23-24-21(25)27-13-19(26)16-11-10-14-6-2-3-7-15(14)12-16/h2-12H,13H2,1H3. The molecule has 0 saturated carbocycles. The number of rotatable bonds is 5. The zero-order valence-corrected chi connectivity index (χ0v) is 16.2. The molecular weight excluding hydrogens is 378 g/mol. The van der Waals surface area contributed by atoms with Crippen LogP contribution in [0.15, 0.2) is 71.9 Å². The summed E-state index contributed by atoms with van der Waals surface area (Å²) in [7, 11) is 1.88. The molecule has 4 aromatic rings. The lowest BCUT2D eigenvalue weighted by atomic mass is 10.1. The second-order valence-electron chi connectivity index (χ2n) is 6.12. The zero-order chi connectivity index (χ0) is 18.8. The van der Waals surface area contributed by atoms with Crippen LogP contribution in [0.3, 0.4) is 0 Å². The van der Waals surface area contributed by atoms with Gasteiger partial charge in [-0.25, -0.2) is 0 Å². The summed E-state index contributed by atoms with van der Waals surface area (Å²) in [5.74, 6) is 1.04. The Kier molecular flexibility index (Phi) is 4.97. The molecule has 4 nitrogen and oxygen atoms in total. The summed E-state index contributed by atoms with van der Waals surface area (Å²) < 4.78 is 1.86. The van der Waals surface area contributed by atoms with Crippen LogP contribution >= 0.6 is 23.4 Å². The Morgan fingerprint density at radius 3 is 2.56 bits per heavy atom. The van der Waals surface area contributed by atoms with E-state index in [1.165, 1.54) is 11.8 Å². The molecule has 0 N–H and O–H groups in total. The largest absolute Gasteiger partial charge is 0.305 e. The van der Waals surface area contributed by atoms with Gasteiger partial charge in [0.05, 0.1) is 10.8 Å². The Morgan fingerprint density at radius 1 is 1.00 bits per heavy atom. The van der Waals surface area contributed by atoms with Gasteiger partial charge in [0.25, 0.3) is 0 Å². The lowest BCUT2D eigenvalue weighted by Crippen LogP contribution is -2.04. The molecule has 134 valence electrons. The summed E-state index contributed by atoms with van der Waals surface area (Å²) in [5, 5.41) is 11.9. The van der Waals surface area contributed by atoms with Crippen molar-refractivity contribution in [3.05, 3.63) is 77.3 Å². The first-order valence-corrected chi connectivity index (χ1v) is 9.79. The average molecular weight is 394 g/mol. The van der Waals surface area contributed by atoms with Crippen molar-refractivity contribution in [1.82, 2.24) is 14.8 Å². The van der Waals surface area contributed by atoms with E-state index in [1.54, 1.807) is 0 Å². The van der Waals surface area contributed by atoms with Gasteiger partial charge in [0.1, 0.15) is 0 Å². The van der Waals surface area contributed by atoms with Crippen LogP contribution in [-0.4, -0.2) is 26.3 Å². The second kappa shape index (κ2) is 7.55. The van der Waals surface area contributed by atoms with Gasteiger partial charge in [-0.3, -0.25) is 4.79 Å². The molecule has 0 unspecified atom stereocenters. The summed E-state index contributed by atoms with van der Waals surface area (Å²) >= 11 is 7.63. The van der Waals surface area contributed by atoms with Crippen LogP contribution in [-0.2, 0) is 7.05 Å². The predicted molar refractivity (Wildman–Crippen MR) is 110 cm³/mol. The molecule has 4 rings (SSSR count). The third kappa shape index (κ3) is 3.61. The average Bonchev–Trinajstić information content (AvgIpc) is 3.06. The van der Waals surface area contributed by atoms with Crippen molar-refractivity contribution in [3.63, 3.8) is 0 Å². The quantitative estimate of drug-likeness (QED) is 0.342. The van der Waals surface area contributed by atoms with E-state index >= 15 is 0 Å². The number of carbonyl (C=O) groups excluding carboxylic acids is 1.